The summed E-state index contributed by atoms with van der Waals surface area (Å²) in [6.45, 7) is 0.368. The topological polar surface area (TPSA) is 55.1 Å². The standard InChI is InChI=1S/C17H12BrClN2O2/c18-12-4-5-14(19)13(8-12)17(22)21-10-11-3-6-15(20-9-11)16-2-1-7-23-16/h1-9H,10H2,(H,21,22). The van der Waals surface area contributed by atoms with E-state index in [4.69, 9.17) is 16.0 Å². The number of hydrogen-bond acceptors (Lipinski definition) is 3. The van der Waals surface area contributed by atoms with Crippen LogP contribution in [0.5, 0.6) is 0 Å². The lowest BCUT2D eigenvalue weighted by molar-refractivity contribution is 0.0951. The molecule has 23 heavy (non-hydrogen) atoms. The van der Waals surface area contributed by atoms with Crippen LogP contribution in [0.25, 0.3) is 11.5 Å². The van der Waals surface area contributed by atoms with Gasteiger partial charge in [-0.1, -0.05) is 33.6 Å². The Morgan fingerprint density at radius 2 is 2.13 bits per heavy atom. The van der Waals surface area contributed by atoms with Crippen LogP contribution >= 0.6 is 27.5 Å². The van der Waals surface area contributed by atoms with Gasteiger partial charge in [-0.3, -0.25) is 9.78 Å². The fraction of sp³-hybridized carbons (Fsp3) is 0.0588. The zero-order valence-corrected chi connectivity index (χ0v) is 14.3. The van der Waals surface area contributed by atoms with E-state index in [0.717, 1.165) is 15.7 Å². The van der Waals surface area contributed by atoms with Gasteiger partial charge in [0, 0.05) is 17.2 Å². The average molecular weight is 392 g/mol. The fourth-order valence-electron chi connectivity index (χ4n) is 2.05. The number of nitrogens with zero attached hydrogens (tertiary/aromatic N) is 1. The normalized spacial score (nSPS) is 10.5. The van der Waals surface area contributed by atoms with Gasteiger partial charge < -0.3 is 9.73 Å². The predicted octanol–water partition coefficient (Wildman–Crippen LogP) is 4.69. The molecule has 0 atom stereocenters. The van der Waals surface area contributed by atoms with Crippen molar-refractivity contribution in [2.75, 3.05) is 0 Å². The molecule has 0 saturated heterocycles. The third-order valence-electron chi connectivity index (χ3n) is 3.22. The number of carbonyl (C=O) groups is 1. The van der Waals surface area contributed by atoms with E-state index in [1.807, 2.05) is 24.3 Å². The molecule has 0 saturated carbocycles. The number of furan rings is 1. The highest BCUT2D eigenvalue weighted by Gasteiger charge is 2.11. The van der Waals surface area contributed by atoms with Crippen LogP contribution in [-0.4, -0.2) is 10.9 Å². The molecule has 3 rings (SSSR count). The molecule has 3 aromatic rings. The van der Waals surface area contributed by atoms with Crippen molar-refractivity contribution in [3.63, 3.8) is 0 Å². The maximum atomic E-state index is 12.2. The molecule has 2 heterocycles. The first-order chi connectivity index (χ1) is 11.1. The first kappa shape index (κ1) is 15.8. The number of halogens is 2. The van der Waals surface area contributed by atoms with Crippen molar-refractivity contribution in [1.29, 1.82) is 0 Å². The Morgan fingerprint density at radius 1 is 1.26 bits per heavy atom. The number of aromatic nitrogens is 1. The van der Waals surface area contributed by atoms with Crippen LogP contribution in [0.4, 0.5) is 0 Å². The maximum Gasteiger partial charge on any atom is 0.253 e. The van der Waals surface area contributed by atoms with Crippen LogP contribution in [0.2, 0.25) is 5.02 Å². The predicted molar refractivity (Wildman–Crippen MR) is 92.3 cm³/mol. The van der Waals surface area contributed by atoms with Crippen LogP contribution in [0.1, 0.15) is 15.9 Å². The van der Waals surface area contributed by atoms with Gasteiger partial charge >= 0.3 is 0 Å². The largest absolute Gasteiger partial charge is 0.463 e. The lowest BCUT2D eigenvalue weighted by Gasteiger charge is -2.07. The molecule has 1 N–H and O–H groups in total. The number of nitrogens with one attached hydrogen (secondary N) is 1. The molecule has 0 fully saturated rings. The Kier molecular flexibility index (Phi) is 4.79. The zero-order valence-electron chi connectivity index (χ0n) is 11.9. The van der Waals surface area contributed by atoms with Gasteiger partial charge in [-0.15, -0.1) is 0 Å². The van der Waals surface area contributed by atoms with E-state index < -0.39 is 0 Å². The van der Waals surface area contributed by atoms with Crippen molar-refractivity contribution < 1.29 is 9.21 Å². The quantitative estimate of drug-likeness (QED) is 0.702. The van der Waals surface area contributed by atoms with Gasteiger partial charge in [0.1, 0.15) is 5.69 Å². The third kappa shape index (κ3) is 3.81. The molecule has 0 radical (unpaired) electrons. The summed E-state index contributed by atoms with van der Waals surface area (Å²) in [5.41, 5.74) is 2.07. The van der Waals surface area contributed by atoms with Gasteiger partial charge in [0.25, 0.3) is 5.91 Å². The monoisotopic (exact) mass is 390 g/mol. The molecule has 6 heteroatoms. The van der Waals surface area contributed by atoms with Crippen molar-refractivity contribution in [3.05, 3.63) is 75.5 Å². The Balaban J connectivity index is 1.66. The van der Waals surface area contributed by atoms with Gasteiger partial charge in [0.15, 0.2) is 5.76 Å². The summed E-state index contributed by atoms with van der Waals surface area (Å²) in [5, 5.41) is 3.24. The van der Waals surface area contributed by atoms with Gasteiger partial charge in [-0.05, 0) is 42.0 Å². The van der Waals surface area contributed by atoms with E-state index in [1.54, 1.807) is 30.7 Å². The van der Waals surface area contributed by atoms with Crippen LogP contribution < -0.4 is 5.32 Å². The SMILES string of the molecule is O=C(NCc1ccc(-c2ccco2)nc1)c1cc(Br)ccc1Cl. The van der Waals surface area contributed by atoms with E-state index in [-0.39, 0.29) is 5.91 Å². The Morgan fingerprint density at radius 3 is 2.83 bits per heavy atom. The maximum absolute atomic E-state index is 12.2. The molecule has 116 valence electrons. The van der Waals surface area contributed by atoms with Crippen LogP contribution in [0, 0.1) is 0 Å². The zero-order chi connectivity index (χ0) is 16.2. The highest BCUT2D eigenvalue weighted by Crippen LogP contribution is 2.21. The molecule has 0 aliphatic carbocycles. The average Bonchev–Trinajstić information content (AvgIpc) is 3.10. The minimum atomic E-state index is -0.230. The minimum Gasteiger partial charge on any atom is -0.463 e. The van der Waals surface area contributed by atoms with Crippen molar-refractivity contribution in [1.82, 2.24) is 10.3 Å². The van der Waals surface area contributed by atoms with E-state index in [0.29, 0.717) is 22.9 Å². The molecule has 0 unspecified atom stereocenters. The fourth-order valence-corrected chi connectivity index (χ4v) is 2.61. The van der Waals surface area contributed by atoms with E-state index in [9.17, 15) is 4.79 Å². The number of hydrogen-bond donors (Lipinski definition) is 1. The smallest absolute Gasteiger partial charge is 0.253 e. The lowest BCUT2D eigenvalue weighted by Crippen LogP contribution is -2.23. The summed E-state index contributed by atoms with van der Waals surface area (Å²) < 4.78 is 6.09. The molecule has 1 amide bonds. The molecule has 0 aliphatic heterocycles. The van der Waals surface area contributed by atoms with Gasteiger partial charge in [-0.25, -0.2) is 0 Å². The molecule has 4 nitrogen and oxygen atoms in total. The number of amides is 1. The second-order valence-electron chi connectivity index (χ2n) is 4.84. The summed E-state index contributed by atoms with van der Waals surface area (Å²) in [7, 11) is 0. The van der Waals surface area contributed by atoms with Gasteiger partial charge in [0.05, 0.1) is 16.8 Å². The number of benzene rings is 1. The van der Waals surface area contributed by atoms with Crippen molar-refractivity contribution in [3.8, 4) is 11.5 Å². The lowest BCUT2D eigenvalue weighted by atomic mass is 10.2. The Labute approximate surface area is 146 Å². The highest BCUT2D eigenvalue weighted by molar-refractivity contribution is 9.10. The van der Waals surface area contributed by atoms with Gasteiger partial charge in [-0.2, -0.15) is 0 Å². The first-order valence-electron chi connectivity index (χ1n) is 6.85. The molecule has 0 spiro atoms. The van der Waals surface area contributed by atoms with Crippen LogP contribution in [-0.2, 0) is 6.54 Å². The third-order valence-corrected chi connectivity index (χ3v) is 4.05. The van der Waals surface area contributed by atoms with Crippen molar-refractivity contribution >= 4 is 33.4 Å². The molecule has 0 bridgehead atoms. The first-order valence-corrected chi connectivity index (χ1v) is 8.02. The van der Waals surface area contributed by atoms with Gasteiger partial charge in [0.2, 0.25) is 0 Å². The van der Waals surface area contributed by atoms with E-state index >= 15 is 0 Å². The summed E-state index contributed by atoms with van der Waals surface area (Å²) in [6, 6.07) is 12.6. The molecule has 0 aliphatic rings. The number of pyridine rings is 1. The van der Waals surface area contributed by atoms with E-state index in [1.165, 1.54) is 0 Å². The Bertz CT molecular complexity index is 817. The second-order valence-corrected chi connectivity index (χ2v) is 6.16. The summed E-state index contributed by atoms with van der Waals surface area (Å²) >= 11 is 9.38. The van der Waals surface area contributed by atoms with Crippen molar-refractivity contribution in [2.45, 2.75) is 6.54 Å². The summed E-state index contributed by atoms with van der Waals surface area (Å²) in [5.74, 6) is 0.480. The Hall–Kier alpha value is -2.11. The second kappa shape index (κ2) is 6.98. The van der Waals surface area contributed by atoms with Crippen LogP contribution in [0.3, 0.4) is 0 Å². The van der Waals surface area contributed by atoms with Crippen LogP contribution in [0.15, 0.2) is 63.8 Å². The number of rotatable bonds is 4. The summed E-state index contributed by atoms with van der Waals surface area (Å²) in [4.78, 5) is 16.5. The van der Waals surface area contributed by atoms with Crippen molar-refractivity contribution in [2.24, 2.45) is 0 Å². The molecular weight excluding hydrogens is 380 g/mol. The molecular formula is C17H12BrClN2O2. The summed E-state index contributed by atoms with van der Waals surface area (Å²) in [6.07, 6.45) is 3.31. The molecule has 2 aromatic heterocycles. The minimum absolute atomic E-state index is 0.230. The number of carbonyl (C=O) groups excluding carboxylic acids is 1. The molecule has 1 aromatic carbocycles. The van der Waals surface area contributed by atoms with E-state index in [2.05, 4.69) is 26.2 Å². The highest BCUT2D eigenvalue weighted by atomic mass is 79.9.